The molecule has 0 nitrogen and oxygen atoms in total. The molecule has 2 heteroatoms. The van der Waals surface area contributed by atoms with Crippen LogP contribution in [0.5, 0.6) is 0 Å². The SMILES string of the molecule is CC1=CC=[C]S1=S. The molecule has 0 amide bonds. The molecule has 0 aromatic carbocycles. The van der Waals surface area contributed by atoms with Gasteiger partial charge in [0.05, 0.1) is 0 Å². The van der Waals surface area contributed by atoms with Gasteiger partial charge in [0.15, 0.2) is 0 Å². The van der Waals surface area contributed by atoms with E-state index in [1.807, 2.05) is 19.1 Å². The van der Waals surface area contributed by atoms with Crippen LogP contribution >= 0.6 is 0 Å². The molecule has 1 radical (unpaired) electrons. The molecule has 1 aliphatic heterocycles. The lowest BCUT2D eigenvalue weighted by molar-refractivity contribution is 1.70. The third-order valence-corrected chi connectivity index (χ3v) is 2.93. The molecule has 0 bridgehead atoms. The fourth-order valence-corrected chi connectivity index (χ4v) is 1.27. The molecule has 7 heavy (non-hydrogen) atoms. The first-order valence-corrected chi connectivity index (χ1v) is 4.14. The lowest BCUT2D eigenvalue weighted by Gasteiger charge is -1.85. The molecule has 0 aromatic heterocycles. The van der Waals surface area contributed by atoms with Crippen molar-refractivity contribution in [1.82, 2.24) is 0 Å². The Balaban J connectivity index is 2.89. The van der Waals surface area contributed by atoms with Crippen molar-refractivity contribution in [2.24, 2.45) is 0 Å². The maximum atomic E-state index is 4.94. The van der Waals surface area contributed by atoms with Gasteiger partial charge in [-0.15, -0.1) is 0 Å². The molecule has 37 valence electrons. The minimum Gasteiger partial charge on any atom is -0.0618 e. The van der Waals surface area contributed by atoms with Crippen molar-refractivity contribution in [1.29, 1.82) is 0 Å². The van der Waals surface area contributed by atoms with Gasteiger partial charge in [0.25, 0.3) is 0 Å². The topological polar surface area (TPSA) is 0 Å². The smallest absolute Gasteiger partial charge is 0.0304 e. The summed E-state index contributed by atoms with van der Waals surface area (Å²) in [7, 11) is -0.0787. The van der Waals surface area contributed by atoms with Gasteiger partial charge in [-0.25, -0.2) is 0 Å². The first-order chi connectivity index (χ1) is 3.30. The molecule has 0 aromatic rings. The van der Waals surface area contributed by atoms with Crippen molar-refractivity contribution in [3.63, 3.8) is 0 Å². The molecule has 0 spiro atoms. The van der Waals surface area contributed by atoms with Crippen LogP contribution < -0.4 is 0 Å². The van der Waals surface area contributed by atoms with E-state index in [9.17, 15) is 0 Å². The molecule has 1 unspecified atom stereocenters. The first kappa shape index (κ1) is 5.19. The average molecular weight is 129 g/mol. The van der Waals surface area contributed by atoms with Gasteiger partial charge in [-0.3, -0.25) is 0 Å². The summed E-state index contributed by atoms with van der Waals surface area (Å²) in [6.07, 6.45) is 3.90. The van der Waals surface area contributed by atoms with Crippen LogP contribution in [0.3, 0.4) is 0 Å². The van der Waals surface area contributed by atoms with E-state index in [0.29, 0.717) is 0 Å². The standard InChI is InChI=1S/C5H5S2/c1-5-3-2-4-7(5)6/h2-3H,1H3. The van der Waals surface area contributed by atoms with Gasteiger partial charge in [-0.1, -0.05) is 15.5 Å². The fraction of sp³-hybridized carbons (Fsp3) is 0.200. The number of hydrogen-bond donors (Lipinski definition) is 0. The van der Waals surface area contributed by atoms with Gasteiger partial charge < -0.3 is 0 Å². The van der Waals surface area contributed by atoms with Crippen LogP contribution in [0, 0.1) is 5.41 Å². The van der Waals surface area contributed by atoms with Gasteiger partial charge in [0.1, 0.15) is 0 Å². The van der Waals surface area contributed by atoms with Crippen LogP contribution in [0.1, 0.15) is 6.92 Å². The number of hydrogen-bond acceptors (Lipinski definition) is 1. The van der Waals surface area contributed by atoms with E-state index < -0.39 is 0 Å². The summed E-state index contributed by atoms with van der Waals surface area (Å²) in [5.41, 5.74) is 0. The molecule has 0 N–H and O–H groups in total. The second kappa shape index (κ2) is 1.88. The zero-order valence-corrected chi connectivity index (χ0v) is 5.60. The Kier molecular flexibility index (Phi) is 1.40. The van der Waals surface area contributed by atoms with Gasteiger partial charge in [0.2, 0.25) is 0 Å². The summed E-state index contributed by atoms with van der Waals surface area (Å²) < 4.78 is 0. The summed E-state index contributed by atoms with van der Waals surface area (Å²) in [6.45, 7) is 2.03. The summed E-state index contributed by atoms with van der Waals surface area (Å²) >= 11 is 4.94. The van der Waals surface area contributed by atoms with Crippen LogP contribution in [-0.4, -0.2) is 0 Å². The van der Waals surface area contributed by atoms with Crippen molar-refractivity contribution in [3.8, 4) is 0 Å². The molecule has 1 rings (SSSR count). The molecule has 0 saturated heterocycles. The summed E-state index contributed by atoms with van der Waals surface area (Å²) in [4.78, 5) is 1.26. The third-order valence-electron chi connectivity index (χ3n) is 0.786. The van der Waals surface area contributed by atoms with Gasteiger partial charge in [-0.2, -0.15) is 0 Å². The highest BCUT2D eigenvalue weighted by atomic mass is 32.8. The van der Waals surface area contributed by atoms with Gasteiger partial charge >= 0.3 is 0 Å². The summed E-state index contributed by atoms with van der Waals surface area (Å²) in [5, 5.41) is 2.99. The zero-order chi connectivity index (χ0) is 5.28. The van der Waals surface area contributed by atoms with Gasteiger partial charge in [-0.05, 0) is 29.1 Å². The maximum Gasteiger partial charge on any atom is 0.0304 e. The van der Waals surface area contributed by atoms with Crippen molar-refractivity contribution in [2.45, 2.75) is 6.92 Å². The Labute approximate surface area is 50.5 Å². The lowest BCUT2D eigenvalue weighted by Crippen LogP contribution is -1.74. The Morgan fingerprint density at radius 2 is 2.57 bits per heavy atom. The van der Waals surface area contributed by atoms with Crippen LogP contribution in [-0.2, 0) is 20.6 Å². The van der Waals surface area contributed by atoms with E-state index in [1.165, 1.54) is 4.91 Å². The van der Waals surface area contributed by atoms with E-state index >= 15 is 0 Å². The molecule has 0 saturated carbocycles. The molecular formula is C5H5S2. The quantitative estimate of drug-likeness (QED) is 0.475. The zero-order valence-electron chi connectivity index (χ0n) is 3.97. The first-order valence-electron chi connectivity index (χ1n) is 1.99. The minimum absolute atomic E-state index is 0.0787. The average Bonchev–Trinajstić information content (AvgIpc) is 1.91. The van der Waals surface area contributed by atoms with Crippen LogP contribution in [0.4, 0.5) is 0 Å². The Hall–Kier alpha value is 0.0500. The molecular weight excluding hydrogens is 124 g/mol. The monoisotopic (exact) mass is 129 g/mol. The van der Waals surface area contributed by atoms with Crippen molar-refractivity contribution < 1.29 is 0 Å². The second-order valence-electron chi connectivity index (χ2n) is 1.33. The minimum atomic E-state index is -0.0787. The lowest BCUT2D eigenvalue weighted by atomic mass is 10.5. The van der Waals surface area contributed by atoms with Crippen LogP contribution in [0.2, 0.25) is 0 Å². The molecule has 1 heterocycles. The number of allylic oxidation sites excluding steroid dienone is 3. The normalized spacial score (nSPS) is 28.1. The highest BCUT2D eigenvalue weighted by molar-refractivity contribution is 8.32. The van der Waals surface area contributed by atoms with E-state index in [0.717, 1.165) is 0 Å². The highest BCUT2D eigenvalue weighted by Gasteiger charge is 1.95. The van der Waals surface area contributed by atoms with E-state index in [-0.39, 0.29) is 9.45 Å². The van der Waals surface area contributed by atoms with Crippen molar-refractivity contribution in [3.05, 3.63) is 22.5 Å². The highest BCUT2D eigenvalue weighted by Crippen LogP contribution is 2.07. The summed E-state index contributed by atoms with van der Waals surface area (Å²) in [5.74, 6) is 0. The van der Waals surface area contributed by atoms with Gasteiger partial charge in [0, 0.05) is 5.41 Å². The van der Waals surface area contributed by atoms with Crippen LogP contribution in [0.25, 0.3) is 0 Å². The third kappa shape index (κ3) is 0.983. The Morgan fingerprint density at radius 3 is 2.71 bits per heavy atom. The predicted molar refractivity (Wildman–Crippen MR) is 36.3 cm³/mol. The fourth-order valence-electron chi connectivity index (χ4n) is 0.368. The molecule has 0 aliphatic carbocycles. The van der Waals surface area contributed by atoms with E-state index in [1.54, 1.807) is 0 Å². The predicted octanol–water partition coefficient (Wildman–Crippen LogP) is 1.30. The maximum absolute atomic E-state index is 4.94. The Morgan fingerprint density at radius 1 is 1.86 bits per heavy atom. The number of rotatable bonds is 0. The molecule has 0 fully saturated rings. The van der Waals surface area contributed by atoms with E-state index in [4.69, 9.17) is 11.2 Å². The largest absolute Gasteiger partial charge is 0.0618 e. The van der Waals surface area contributed by atoms with E-state index in [2.05, 4.69) is 5.41 Å². The van der Waals surface area contributed by atoms with Crippen LogP contribution in [0.15, 0.2) is 17.1 Å². The van der Waals surface area contributed by atoms with Crippen molar-refractivity contribution in [2.75, 3.05) is 0 Å². The molecule has 1 aliphatic rings. The Bertz CT molecular complexity index is 153. The molecule has 1 atom stereocenters. The summed E-state index contributed by atoms with van der Waals surface area (Å²) in [6, 6.07) is 0. The van der Waals surface area contributed by atoms with Crippen molar-refractivity contribution >= 4 is 20.6 Å². The second-order valence-corrected chi connectivity index (χ2v) is 3.75.